The highest BCUT2D eigenvalue weighted by molar-refractivity contribution is 5.78. The number of carbonyl (C=O) groups excluding carboxylic acids is 1. The Hall–Kier alpha value is -2.89. The molecule has 2 N–H and O–H groups in total. The van der Waals surface area contributed by atoms with Gasteiger partial charge in [0.05, 0.1) is 11.9 Å². The second-order valence-electron chi connectivity index (χ2n) is 5.25. The van der Waals surface area contributed by atoms with Gasteiger partial charge in [-0.2, -0.15) is 0 Å². The van der Waals surface area contributed by atoms with E-state index in [1.54, 1.807) is 24.3 Å². The van der Waals surface area contributed by atoms with Crippen molar-refractivity contribution in [3.8, 4) is 0 Å². The molecule has 0 spiro atoms. The molecule has 1 heterocycles. The number of nitrogens with one attached hydrogen (secondary N) is 2. The molecule has 3 rings (SSSR count). The number of rotatable bonds is 5. The van der Waals surface area contributed by atoms with E-state index < -0.39 is 5.76 Å². The second-order valence-corrected chi connectivity index (χ2v) is 5.25. The zero-order chi connectivity index (χ0) is 16.2. The van der Waals surface area contributed by atoms with Crippen LogP contribution in [0.15, 0.2) is 51.7 Å². The van der Waals surface area contributed by atoms with Gasteiger partial charge >= 0.3 is 5.76 Å². The quantitative estimate of drug-likeness (QED) is 0.758. The number of H-pyrrole nitrogens is 1. The smallest absolute Gasteiger partial charge is 0.408 e. The van der Waals surface area contributed by atoms with Gasteiger partial charge in [-0.15, -0.1) is 0 Å². The summed E-state index contributed by atoms with van der Waals surface area (Å²) in [4.78, 5) is 25.5. The predicted molar refractivity (Wildman–Crippen MR) is 83.7 cm³/mol. The maximum atomic E-state index is 13.1. The molecule has 5 nitrogen and oxygen atoms in total. The first-order valence-electron chi connectivity index (χ1n) is 7.23. The fourth-order valence-electron chi connectivity index (χ4n) is 2.39. The first-order chi connectivity index (χ1) is 11.1. The summed E-state index contributed by atoms with van der Waals surface area (Å²) in [7, 11) is 0. The van der Waals surface area contributed by atoms with Gasteiger partial charge in [-0.3, -0.25) is 9.78 Å². The van der Waals surface area contributed by atoms with Crippen molar-refractivity contribution in [1.29, 1.82) is 0 Å². The lowest BCUT2D eigenvalue weighted by Gasteiger charge is -2.06. The third-order valence-corrected chi connectivity index (χ3v) is 3.47. The number of carbonyl (C=O) groups is 1. The van der Waals surface area contributed by atoms with Crippen LogP contribution in [0.5, 0.6) is 0 Å². The molecular weight excluding hydrogens is 299 g/mol. The van der Waals surface area contributed by atoms with Crippen LogP contribution in [-0.4, -0.2) is 17.4 Å². The third kappa shape index (κ3) is 3.85. The van der Waals surface area contributed by atoms with E-state index in [4.69, 9.17) is 4.42 Å². The molecule has 0 fully saturated rings. The van der Waals surface area contributed by atoms with E-state index in [9.17, 15) is 14.0 Å². The average Bonchev–Trinajstić information content (AvgIpc) is 2.86. The standard InChI is InChI=1S/C17H15FN2O3/c18-13-3-1-2-12(8-13)10-16(21)19-7-6-11-4-5-14-15(9-11)23-17(22)20-14/h1-5,8-9H,6-7,10H2,(H,19,21)(H,20,22). The van der Waals surface area contributed by atoms with Crippen LogP contribution in [0.2, 0.25) is 0 Å². The normalized spacial score (nSPS) is 10.8. The maximum Gasteiger partial charge on any atom is 0.417 e. The van der Waals surface area contributed by atoms with E-state index in [1.807, 2.05) is 6.07 Å². The average molecular weight is 314 g/mol. The van der Waals surface area contributed by atoms with Gasteiger partial charge in [0.25, 0.3) is 0 Å². The molecule has 23 heavy (non-hydrogen) atoms. The number of halogens is 1. The van der Waals surface area contributed by atoms with Crippen molar-refractivity contribution in [2.24, 2.45) is 0 Å². The van der Waals surface area contributed by atoms with Crippen LogP contribution in [0.1, 0.15) is 11.1 Å². The molecule has 6 heteroatoms. The van der Waals surface area contributed by atoms with E-state index in [0.717, 1.165) is 5.56 Å². The van der Waals surface area contributed by atoms with Crippen molar-refractivity contribution in [1.82, 2.24) is 10.3 Å². The SMILES string of the molecule is O=C(Cc1cccc(F)c1)NCCc1ccc2[nH]c(=O)oc2c1. The van der Waals surface area contributed by atoms with Crippen molar-refractivity contribution in [3.63, 3.8) is 0 Å². The summed E-state index contributed by atoms with van der Waals surface area (Å²) in [5, 5.41) is 2.79. The van der Waals surface area contributed by atoms with Crippen LogP contribution in [0.3, 0.4) is 0 Å². The van der Waals surface area contributed by atoms with Crippen LogP contribution in [0, 0.1) is 5.82 Å². The van der Waals surface area contributed by atoms with Gasteiger partial charge in [0, 0.05) is 6.54 Å². The molecule has 2 aromatic carbocycles. The molecule has 118 valence electrons. The van der Waals surface area contributed by atoms with Crippen LogP contribution in [0.25, 0.3) is 11.1 Å². The largest absolute Gasteiger partial charge is 0.417 e. The number of hydrogen-bond donors (Lipinski definition) is 2. The maximum absolute atomic E-state index is 13.1. The predicted octanol–water partition coefficient (Wildman–Crippen LogP) is 2.16. The van der Waals surface area contributed by atoms with Crippen molar-refractivity contribution in [2.45, 2.75) is 12.8 Å². The Bertz CT molecular complexity index is 898. The second kappa shape index (κ2) is 6.48. The van der Waals surface area contributed by atoms with Gasteiger partial charge < -0.3 is 9.73 Å². The lowest BCUT2D eigenvalue weighted by Crippen LogP contribution is -2.27. The Balaban J connectivity index is 1.53. The zero-order valence-corrected chi connectivity index (χ0v) is 12.3. The monoisotopic (exact) mass is 314 g/mol. The number of fused-ring (bicyclic) bond motifs is 1. The van der Waals surface area contributed by atoms with Gasteiger partial charge in [-0.25, -0.2) is 9.18 Å². The molecular formula is C17H15FN2O3. The molecule has 0 bridgehead atoms. The summed E-state index contributed by atoms with van der Waals surface area (Å²) in [6.45, 7) is 0.453. The number of aromatic nitrogens is 1. The fraction of sp³-hybridized carbons (Fsp3) is 0.176. The minimum absolute atomic E-state index is 0.142. The van der Waals surface area contributed by atoms with Gasteiger partial charge in [0.2, 0.25) is 5.91 Å². The fourth-order valence-corrected chi connectivity index (χ4v) is 2.39. The molecule has 0 aliphatic rings. The summed E-state index contributed by atoms with van der Waals surface area (Å²) in [5.74, 6) is -0.998. The molecule has 1 aromatic heterocycles. The number of benzene rings is 2. The highest BCUT2D eigenvalue weighted by atomic mass is 19.1. The first-order valence-corrected chi connectivity index (χ1v) is 7.23. The molecule has 1 amide bonds. The first kappa shape index (κ1) is 15.0. The molecule has 0 aliphatic carbocycles. The van der Waals surface area contributed by atoms with E-state index in [2.05, 4.69) is 10.3 Å². The Labute approximate surface area is 131 Å². The van der Waals surface area contributed by atoms with Crippen LogP contribution in [-0.2, 0) is 17.6 Å². The molecule has 0 saturated carbocycles. The van der Waals surface area contributed by atoms with E-state index in [0.29, 0.717) is 29.6 Å². The molecule has 3 aromatic rings. The molecule has 0 saturated heterocycles. The van der Waals surface area contributed by atoms with Crippen molar-refractivity contribution >= 4 is 17.0 Å². The van der Waals surface area contributed by atoms with Crippen LogP contribution < -0.4 is 11.1 Å². The van der Waals surface area contributed by atoms with E-state index in [-0.39, 0.29) is 18.1 Å². The highest BCUT2D eigenvalue weighted by Crippen LogP contribution is 2.12. The van der Waals surface area contributed by atoms with Gasteiger partial charge in [-0.1, -0.05) is 18.2 Å². The Morgan fingerprint density at radius 1 is 1.17 bits per heavy atom. The summed E-state index contributed by atoms with van der Waals surface area (Å²) >= 11 is 0. The zero-order valence-electron chi connectivity index (χ0n) is 12.3. The number of oxazole rings is 1. The Morgan fingerprint density at radius 2 is 2.04 bits per heavy atom. The third-order valence-electron chi connectivity index (χ3n) is 3.47. The molecule has 0 aliphatic heterocycles. The van der Waals surface area contributed by atoms with Crippen molar-refractivity contribution < 1.29 is 13.6 Å². The highest BCUT2D eigenvalue weighted by Gasteiger charge is 2.05. The Kier molecular flexibility index (Phi) is 4.23. The van der Waals surface area contributed by atoms with E-state index >= 15 is 0 Å². The minimum Gasteiger partial charge on any atom is -0.408 e. The summed E-state index contributed by atoms with van der Waals surface area (Å²) in [5.41, 5.74) is 2.73. The summed E-state index contributed by atoms with van der Waals surface area (Å²) < 4.78 is 18.0. The van der Waals surface area contributed by atoms with Crippen LogP contribution >= 0.6 is 0 Å². The number of hydrogen-bond acceptors (Lipinski definition) is 3. The van der Waals surface area contributed by atoms with Crippen LogP contribution in [0.4, 0.5) is 4.39 Å². The molecule has 0 unspecified atom stereocenters. The van der Waals surface area contributed by atoms with Gasteiger partial charge in [0.15, 0.2) is 5.58 Å². The lowest BCUT2D eigenvalue weighted by molar-refractivity contribution is -0.120. The summed E-state index contributed by atoms with van der Waals surface area (Å²) in [6.07, 6.45) is 0.753. The van der Waals surface area contributed by atoms with Crippen molar-refractivity contribution in [3.05, 3.63) is 70.0 Å². The Morgan fingerprint density at radius 3 is 2.87 bits per heavy atom. The van der Waals surface area contributed by atoms with Gasteiger partial charge in [-0.05, 0) is 41.8 Å². The molecule has 0 radical (unpaired) electrons. The van der Waals surface area contributed by atoms with Crippen molar-refractivity contribution in [2.75, 3.05) is 6.54 Å². The topological polar surface area (TPSA) is 75.1 Å². The molecule has 0 atom stereocenters. The minimum atomic E-state index is -0.486. The van der Waals surface area contributed by atoms with Gasteiger partial charge in [0.1, 0.15) is 5.82 Å². The number of aromatic amines is 1. The summed E-state index contributed by atoms with van der Waals surface area (Å²) in [6, 6.07) is 11.4. The van der Waals surface area contributed by atoms with E-state index in [1.165, 1.54) is 12.1 Å². The number of amides is 1. The lowest BCUT2D eigenvalue weighted by atomic mass is 10.1.